The van der Waals surface area contributed by atoms with Gasteiger partial charge in [-0.2, -0.15) is 13.2 Å². The van der Waals surface area contributed by atoms with E-state index >= 15 is 0 Å². The molecule has 0 aromatic heterocycles. The van der Waals surface area contributed by atoms with Crippen molar-refractivity contribution in [2.45, 2.75) is 18.0 Å². The number of allylic oxidation sites excluding steroid dienone is 1. The molecule has 11 heteroatoms. The molecular formula is C26H31F3N6O2+. The molecule has 0 aliphatic carbocycles. The number of ether oxygens (including phenoxy) is 2. The van der Waals surface area contributed by atoms with Crippen molar-refractivity contribution in [1.29, 1.82) is 0 Å². The van der Waals surface area contributed by atoms with Crippen LogP contribution in [0.5, 0.6) is 0 Å². The highest BCUT2D eigenvalue weighted by Crippen LogP contribution is 2.44. The number of amidine groups is 1. The van der Waals surface area contributed by atoms with Crippen molar-refractivity contribution >= 4 is 11.5 Å². The summed E-state index contributed by atoms with van der Waals surface area (Å²) < 4.78 is 54.7. The van der Waals surface area contributed by atoms with Gasteiger partial charge in [0, 0.05) is 39.7 Å². The molecule has 0 saturated carbocycles. The van der Waals surface area contributed by atoms with Crippen LogP contribution in [0.1, 0.15) is 13.4 Å². The first-order chi connectivity index (χ1) is 17.7. The molecule has 1 aromatic carbocycles. The second kappa shape index (κ2) is 9.88. The monoisotopic (exact) mass is 516 g/mol. The lowest BCUT2D eigenvalue weighted by molar-refractivity contribution is -0.451. The number of alkyl halides is 3. The van der Waals surface area contributed by atoms with Gasteiger partial charge in [-0.15, -0.1) is 0 Å². The zero-order valence-electron chi connectivity index (χ0n) is 20.8. The van der Waals surface area contributed by atoms with E-state index in [-0.39, 0.29) is 19.1 Å². The highest BCUT2D eigenvalue weighted by Gasteiger charge is 2.46. The molecule has 197 valence electrons. The Kier molecular flexibility index (Phi) is 6.78. The van der Waals surface area contributed by atoms with Gasteiger partial charge < -0.3 is 24.6 Å². The van der Waals surface area contributed by atoms with E-state index in [0.717, 1.165) is 17.1 Å². The SMILES string of the molecule is C=C1N2C=C(CNCCOC)C=C(C(F)(F)F)C2=CN1c1cccc(C2(CC3=[N+](C)[CH]N=N3)COC2)c1.[HH]. The number of methoxy groups -OCH3 is 1. The van der Waals surface area contributed by atoms with Crippen molar-refractivity contribution in [1.82, 2.24) is 10.2 Å². The van der Waals surface area contributed by atoms with Gasteiger partial charge in [0.1, 0.15) is 5.82 Å². The van der Waals surface area contributed by atoms with Gasteiger partial charge in [-0.05, 0) is 34.5 Å². The van der Waals surface area contributed by atoms with E-state index in [2.05, 4.69) is 22.1 Å². The second-order valence-corrected chi connectivity index (χ2v) is 9.46. The molecule has 1 aromatic rings. The van der Waals surface area contributed by atoms with Crippen LogP contribution in [0.25, 0.3) is 0 Å². The third-order valence-electron chi connectivity index (χ3n) is 6.88. The van der Waals surface area contributed by atoms with Gasteiger partial charge in [-0.3, -0.25) is 0 Å². The Morgan fingerprint density at radius 1 is 1.27 bits per heavy atom. The standard InChI is InChI=1S/C26H29F3N6O2.H2/c1-18-34(14-23-22(26(27,28)29)9-19(13-35(18)23)12-30-7-8-36-3)21-6-4-5-20(10-21)25(15-37-16-25)11-24-32-31-17-33(24)2;/h4-6,9-10,13-14,17,30H,1,7-8,11-12,15-16H2,2-3H3;1H/q+1;. The fourth-order valence-electron chi connectivity index (χ4n) is 4.75. The molecule has 1 N–H and O–H groups in total. The Hall–Kier alpha value is -3.28. The Morgan fingerprint density at radius 3 is 2.73 bits per heavy atom. The molecule has 0 atom stereocenters. The largest absolute Gasteiger partial charge is 0.418 e. The molecule has 1 fully saturated rings. The highest BCUT2D eigenvalue weighted by atomic mass is 19.4. The van der Waals surface area contributed by atoms with Gasteiger partial charge in [0.15, 0.2) is 0 Å². The van der Waals surface area contributed by atoms with E-state index in [4.69, 9.17) is 9.47 Å². The lowest BCUT2D eigenvalue weighted by atomic mass is 9.75. The molecule has 8 nitrogen and oxygen atoms in total. The van der Waals surface area contributed by atoms with Crippen LogP contribution in [0.2, 0.25) is 0 Å². The first-order valence-corrected chi connectivity index (χ1v) is 11.9. The third-order valence-corrected chi connectivity index (χ3v) is 6.88. The smallest absolute Gasteiger partial charge is 0.383 e. The van der Waals surface area contributed by atoms with Crippen LogP contribution in [0.4, 0.5) is 18.9 Å². The number of nitrogens with zero attached hydrogens (tertiary/aromatic N) is 5. The summed E-state index contributed by atoms with van der Waals surface area (Å²) >= 11 is 0. The van der Waals surface area contributed by atoms with E-state index in [1.807, 2.05) is 35.9 Å². The number of hydrogen-bond acceptors (Lipinski definition) is 7. The van der Waals surface area contributed by atoms with Gasteiger partial charge in [-0.1, -0.05) is 18.7 Å². The average Bonchev–Trinajstić information content (AvgIpc) is 3.40. The Morgan fingerprint density at radius 2 is 2.08 bits per heavy atom. The normalized spacial score (nSPS) is 20.7. The second-order valence-electron chi connectivity index (χ2n) is 9.46. The quantitative estimate of drug-likeness (QED) is 0.392. The fourth-order valence-corrected chi connectivity index (χ4v) is 4.75. The van der Waals surface area contributed by atoms with E-state index in [9.17, 15) is 13.2 Å². The summed E-state index contributed by atoms with van der Waals surface area (Å²) in [5.74, 6) is 1.26. The number of rotatable bonds is 9. The van der Waals surface area contributed by atoms with Crippen LogP contribution >= 0.6 is 0 Å². The maximum absolute atomic E-state index is 14.1. The van der Waals surface area contributed by atoms with Crippen LogP contribution in [0.15, 0.2) is 82.2 Å². The number of azo groups is 1. The Balaban J connectivity index is 0.00000336. The van der Waals surface area contributed by atoms with Crippen molar-refractivity contribution in [2.75, 3.05) is 52.0 Å². The van der Waals surface area contributed by atoms with Crippen LogP contribution < -0.4 is 10.2 Å². The third kappa shape index (κ3) is 4.86. The number of benzene rings is 1. The predicted molar refractivity (Wildman–Crippen MR) is 135 cm³/mol. The molecule has 37 heavy (non-hydrogen) atoms. The maximum atomic E-state index is 14.1. The Labute approximate surface area is 215 Å². The minimum absolute atomic E-state index is 0. The van der Waals surface area contributed by atoms with E-state index in [1.54, 1.807) is 24.9 Å². The van der Waals surface area contributed by atoms with Gasteiger partial charge in [0.25, 0.3) is 6.67 Å². The molecular weight excluding hydrogens is 485 g/mol. The first kappa shape index (κ1) is 25.4. The molecule has 4 heterocycles. The highest BCUT2D eigenvalue weighted by molar-refractivity contribution is 5.80. The zero-order valence-corrected chi connectivity index (χ0v) is 20.8. The van der Waals surface area contributed by atoms with Crippen molar-refractivity contribution in [3.63, 3.8) is 0 Å². The predicted octanol–water partition coefficient (Wildman–Crippen LogP) is 4.27. The fraction of sp³-hybridized carbons (Fsp3) is 0.385. The maximum Gasteiger partial charge on any atom is 0.418 e. The molecule has 1 saturated heterocycles. The summed E-state index contributed by atoms with van der Waals surface area (Å²) in [6.45, 7) is 8.13. The summed E-state index contributed by atoms with van der Waals surface area (Å²) in [6.07, 6.45) is 0.514. The molecule has 0 amide bonds. The van der Waals surface area contributed by atoms with Crippen molar-refractivity contribution in [3.05, 3.63) is 84.2 Å². The summed E-state index contributed by atoms with van der Waals surface area (Å²) in [7, 11) is 3.48. The summed E-state index contributed by atoms with van der Waals surface area (Å²) in [4.78, 5) is 3.20. The zero-order chi connectivity index (χ0) is 26.2. The number of halogens is 3. The lowest BCUT2D eigenvalue weighted by Gasteiger charge is -2.41. The van der Waals surface area contributed by atoms with E-state index < -0.39 is 11.7 Å². The molecule has 4 aliphatic rings. The van der Waals surface area contributed by atoms with Gasteiger partial charge in [-0.25, -0.2) is 4.58 Å². The summed E-state index contributed by atoms with van der Waals surface area (Å²) in [5, 5.41) is 11.3. The number of nitrogens with one attached hydrogen (secondary N) is 1. The molecule has 0 unspecified atom stereocenters. The van der Waals surface area contributed by atoms with Gasteiger partial charge in [0.05, 0.1) is 55.1 Å². The lowest BCUT2D eigenvalue weighted by Crippen LogP contribution is -2.48. The Bertz CT molecular complexity index is 1250. The number of hydrogen-bond donors (Lipinski definition) is 1. The van der Waals surface area contributed by atoms with E-state index in [1.165, 1.54) is 17.2 Å². The number of fused-ring (bicyclic) bond motifs is 1. The van der Waals surface area contributed by atoms with Crippen molar-refractivity contribution < 1.29 is 28.6 Å². The number of anilines is 1. The van der Waals surface area contributed by atoms with E-state index in [0.29, 0.717) is 44.2 Å². The van der Waals surface area contributed by atoms with Crippen molar-refractivity contribution in [3.8, 4) is 0 Å². The van der Waals surface area contributed by atoms with Gasteiger partial charge >= 0.3 is 12.0 Å². The van der Waals surface area contributed by atoms with Crippen LogP contribution in [-0.4, -0.2) is 68.6 Å². The van der Waals surface area contributed by atoms with Crippen molar-refractivity contribution in [2.24, 2.45) is 10.2 Å². The van der Waals surface area contributed by atoms with Crippen LogP contribution in [-0.2, 0) is 14.9 Å². The minimum Gasteiger partial charge on any atom is -0.383 e. The molecule has 1 radical (unpaired) electrons. The van der Waals surface area contributed by atoms with Crippen LogP contribution in [0.3, 0.4) is 0 Å². The van der Waals surface area contributed by atoms with Crippen LogP contribution in [0, 0.1) is 6.67 Å². The molecule has 4 aliphatic heterocycles. The average molecular weight is 517 g/mol. The summed E-state index contributed by atoms with van der Waals surface area (Å²) in [5.41, 5.74) is 1.32. The molecule has 0 bridgehead atoms. The molecule has 5 rings (SSSR count). The minimum atomic E-state index is -4.52. The molecule has 0 spiro atoms. The first-order valence-electron chi connectivity index (χ1n) is 11.9. The topological polar surface area (TPSA) is 64.7 Å². The summed E-state index contributed by atoms with van der Waals surface area (Å²) in [6, 6.07) is 7.79. The van der Waals surface area contributed by atoms with Gasteiger partial charge in [0.2, 0.25) is 0 Å².